The van der Waals surface area contributed by atoms with E-state index in [2.05, 4.69) is 5.32 Å². The maximum atomic E-state index is 12.0. The molecular weight excluding hydrogens is 344 g/mol. The van der Waals surface area contributed by atoms with Crippen LogP contribution in [-0.4, -0.2) is 24.0 Å². The molecule has 0 radical (unpaired) electrons. The van der Waals surface area contributed by atoms with Gasteiger partial charge in [-0.1, -0.05) is 29.8 Å². The number of nitrogens with one attached hydrogen (secondary N) is 1. The zero-order chi connectivity index (χ0) is 17.4. The molecule has 128 valence electrons. The Balaban J connectivity index is 1.91. The number of benzene rings is 2. The molecule has 0 aliphatic carbocycles. The number of anilines is 1. The van der Waals surface area contributed by atoms with Crippen LogP contribution in [0, 0.1) is 0 Å². The van der Waals surface area contributed by atoms with Crippen molar-refractivity contribution in [3.8, 4) is 5.75 Å². The third-order valence-corrected chi connectivity index (χ3v) is 4.29. The summed E-state index contributed by atoms with van der Waals surface area (Å²) in [6.07, 6.45) is 2.64. The second-order valence-electron chi connectivity index (χ2n) is 5.32. The summed E-state index contributed by atoms with van der Waals surface area (Å²) >= 11 is 7.54. The Morgan fingerprint density at radius 3 is 2.75 bits per heavy atom. The summed E-state index contributed by atoms with van der Waals surface area (Å²) in [4.78, 5) is 12.0. The van der Waals surface area contributed by atoms with Gasteiger partial charge in [0.25, 0.3) is 0 Å². The average molecular weight is 365 g/mol. The van der Waals surface area contributed by atoms with E-state index >= 15 is 0 Å². The largest absolute Gasteiger partial charge is 0.489 e. The minimum atomic E-state index is -0.504. The van der Waals surface area contributed by atoms with Gasteiger partial charge in [-0.25, -0.2) is 0 Å². The molecule has 1 amide bonds. The van der Waals surface area contributed by atoms with Gasteiger partial charge in [0.1, 0.15) is 12.4 Å². The van der Waals surface area contributed by atoms with E-state index in [1.165, 1.54) is 0 Å². The lowest BCUT2D eigenvalue weighted by molar-refractivity contribution is -0.117. The van der Waals surface area contributed by atoms with Crippen molar-refractivity contribution >= 4 is 35.0 Å². The quantitative estimate of drug-likeness (QED) is 0.744. The Morgan fingerprint density at radius 2 is 2.04 bits per heavy atom. The van der Waals surface area contributed by atoms with Gasteiger partial charge in [-0.2, -0.15) is 11.8 Å². The molecular formula is C18H21ClN2O2S. The van der Waals surface area contributed by atoms with Crippen LogP contribution >= 0.6 is 23.4 Å². The van der Waals surface area contributed by atoms with E-state index in [-0.39, 0.29) is 5.91 Å². The fourth-order valence-corrected chi connectivity index (χ4v) is 2.64. The molecule has 2 aromatic carbocycles. The van der Waals surface area contributed by atoms with Gasteiger partial charge in [-0.05, 0) is 48.3 Å². The van der Waals surface area contributed by atoms with Crippen LogP contribution in [0.5, 0.6) is 5.75 Å². The number of ether oxygens (including phenoxy) is 1. The SMILES string of the molecule is CSCC[C@H](N)C(=O)Nc1cccc(OCc2ccc(Cl)cc2)c1. The predicted molar refractivity (Wildman–Crippen MR) is 102 cm³/mol. The number of carbonyl (C=O) groups excluding carboxylic acids is 1. The number of carbonyl (C=O) groups is 1. The number of rotatable bonds is 8. The Kier molecular flexibility index (Phi) is 7.43. The van der Waals surface area contributed by atoms with Crippen molar-refractivity contribution in [3.05, 3.63) is 59.1 Å². The highest BCUT2D eigenvalue weighted by Crippen LogP contribution is 2.19. The van der Waals surface area contributed by atoms with Crippen LogP contribution in [-0.2, 0) is 11.4 Å². The van der Waals surface area contributed by atoms with Crippen LogP contribution < -0.4 is 15.8 Å². The van der Waals surface area contributed by atoms with Crippen LogP contribution in [0.25, 0.3) is 0 Å². The predicted octanol–water partition coefficient (Wildman–Crippen LogP) is 3.94. The van der Waals surface area contributed by atoms with Crippen molar-refractivity contribution in [1.82, 2.24) is 0 Å². The molecule has 24 heavy (non-hydrogen) atoms. The summed E-state index contributed by atoms with van der Waals surface area (Å²) in [5.74, 6) is 1.36. The van der Waals surface area contributed by atoms with Crippen LogP contribution in [0.15, 0.2) is 48.5 Å². The highest BCUT2D eigenvalue weighted by molar-refractivity contribution is 7.98. The topological polar surface area (TPSA) is 64.4 Å². The van der Waals surface area contributed by atoms with Crippen molar-refractivity contribution in [3.63, 3.8) is 0 Å². The first-order chi connectivity index (χ1) is 11.6. The van der Waals surface area contributed by atoms with Crippen LogP contribution in [0.3, 0.4) is 0 Å². The van der Waals surface area contributed by atoms with E-state index in [0.717, 1.165) is 11.3 Å². The molecule has 0 saturated carbocycles. The van der Waals surface area contributed by atoms with Crippen molar-refractivity contribution in [1.29, 1.82) is 0 Å². The van der Waals surface area contributed by atoms with Crippen molar-refractivity contribution in [2.24, 2.45) is 5.73 Å². The molecule has 2 rings (SSSR count). The van der Waals surface area contributed by atoms with Crippen molar-refractivity contribution in [2.45, 2.75) is 19.1 Å². The van der Waals surface area contributed by atoms with Gasteiger partial charge in [0.05, 0.1) is 6.04 Å². The summed E-state index contributed by atoms with van der Waals surface area (Å²) < 4.78 is 5.75. The Labute approximate surface area is 151 Å². The molecule has 0 unspecified atom stereocenters. The molecule has 6 heteroatoms. The fourth-order valence-electron chi connectivity index (χ4n) is 2.02. The summed E-state index contributed by atoms with van der Waals surface area (Å²) in [6, 6.07) is 14.3. The standard InChI is InChI=1S/C18H21ClN2O2S/c1-24-10-9-17(20)18(22)21-15-3-2-4-16(11-15)23-12-13-5-7-14(19)8-6-13/h2-8,11,17H,9-10,12,20H2,1H3,(H,21,22)/t17-/m0/s1. The zero-order valence-electron chi connectivity index (χ0n) is 13.5. The number of thioether (sulfide) groups is 1. The molecule has 2 aromatic rings. The van der Waals surface area contributed by atoms with Crippen molar-refractivity contribution < 1.29 is 9.53 Å². The number of hydrogen-bond donors (Lipinski definition) is 2. The highest BCUT2D eigenvalue weighted by Gasteiger charge is 2.13. The van der Waals surface area contributed by atoms with Gasteiger partial charge in [-0.3, -0.25) is 4.79 Å². The first kappa shape index (κ1) is 18.6. The van der Waals surface area contributed by atoms with Crippen LogP contribution in [0.4, 0.5) is 5.69 Å². The first-order valence-electron chi connectivity index (χ1n) is 7.61. The van der Waals surface area contributed by atoms with Crippen molar-refractivity contribution in [2.75, 3.05) is 17.3 Å². The minimum Gasteiger partial charge on any atom is -0.489 e. The molecule has 0 heterocycles. The summed E-state index contributed by atoms with van der Waals surface area (Å²) in [7, 11) is 0. The van der Waals surface area contributed by atoms with Crippen LogP contribution in [0.1, 0.15) is 12.0 Å². The maximum absolute atomic E-state index is 12.0. The van der Waals surface area contributed by atoms with E-state index in [1.807, 2.05) is 48.7 Å². The van der Waals surface area contributed by atoms with Gasteiger partial charge in [0.2, 0.25) is 5.91 Å². The Bertz CT molecular complexity index is 664. The molecule has 0 spiro atoms. The Hall–Kier alpha value is -1.69. The molecule has 0 aliphatic rings. The van der Waals surface area contributed by atoms with E-state index in [1.54, 1.807) is 17.8 Å². The van der Waals surface area contributed by atoms with Gasteiger partial charge < -0.3 is 15.8 Å². The van der Waals surface area contributed by atoms with E-state index in [0.29, 0.717) is 29.5 Å². The van der Waals surface area contributed by atoms with E-state index in [9.17, 15) is 4.79 Å². The molecule has 0 fully saturated rings. The second kappa shape index (κ2) is 9.57. The van der Waals surface area contributed by atoms with Gasteiger partial charge in [-0.15, -0.1) is 0 Å². The monoisotopic (exact) mass is 364 g/mol. The summed E-state index contributed by atoms with van der Waals surface area (Å²) in [5, 5.41) is 3.52. The third kappa shape index (κ3) is 6.07. The van der Waals surface area contributed by atoms with Crippen LogP contribution in [0.2, 0.25) is 5.02 Å². The third-order valence-electron chi connectivity index (χ3n) is 3.39. The number of halogens is 1. The molecule has 4 nitrogen and oxygen atoms in total. The number of hydrogen-bond acceptors (Lipinski definition) is 4. The lowest BCUT2D eigenvalue weighted by atomic mass is 10.2. The van der Waals surface area contributed by atoms with Gasteiger partial charge in [0.15, 0.2) is 0 Å². The Morgan fingerprint density at radius 1 is 1.29 bits per heavy atom. The molecule has 0 bridgehead atoms. The lowest BCUT2D eigenvalue weighted by Gasteiger charge is -2.13. The normalized spacial score (nSPS) is 11.8. The minimum absolute atomic E-state index is 0.182. The second-order valence-corrected chi connectivity index (χ2v) is 6.74. The molecule has 0 aromatic heterocycles. The number of amides is 1. The lowest BCUT2D eigenvalue weighted by Crippen LogP contribution is -2.36. The highest BCUT2D eigenvalue weighted by atomic mass is 35.5. The molecule has 0 saturated heterocycles. The van der Waals surface area contributed by atoms with Gasteiger partial charge >= 0.3 is 0 Å². The maximum Gasteiger partial charge on any atom is 0.241 e. The zero-order valence-corrected chi connectivity index (χ0v) is 15.1. The molecule has 3 N–H and O–H groups in total. The summed E-state index contributed by atoms with van der Waals surface area (Å²) in [6.45, 7) is 0.432. The molecule has 1 atom stereocenters. The first-order valence-corrected chi connectivity index (χ1v) is 9.38. The average Bonchev–Trinajstić information content (AvgIpc) is 2.59. The smallest absolute Gasteiger partial charge is 0.241 e. The fraction of sp³-hybridized carbons (Fsp3) is 0.278. The number of nitrogens with two attached hydrogens (primary N) is 1. The van der Waals surface area contributed by atoms with E-state index in [4.69, 9.17) is 22.1 Å². The van der Waals surface area contributed by atoms with E-state index < -0.39 is 6.04 Å². The van der Waals surface area contributed by atoms with Gasteiger partial charge in [0, 0.05) is 16.8 Å². The summed E-state index contributed by atoms with van der Waals surface area (Å²) in [5.41, 5.74) is 7.56. The molecule has 0 aliphatic heterocycles.